The minimum atomic E-state index is -1.07. The molecule has 0 unspecified atom stereocenters. The van der Waals surface area contributed by atoms with E-state index in [4.69, 9.17) is 5.11 Å². The van der Waals surface area contributed by atoms with Crippen molar-refractivity contribution in [2.75, 3.05) is 7.05 Å². The summed E-state index contributed by atoms with van der Waals surface area (Å²) in [7, 11) is 1.51. The van der Waals surface area contributed by atoms with Gasteiger partial charge in [0.15, 0.2) is 0 Å². The second-order valence-electron chi connectivity index (χ2n) is 5.33. The highest BCUT2D eigenvalue weighted by Crippen LogP contribution is 2.22. The average molecular weight is 334 g/mol. The number of carboxylic acids is 1. The summed E-state index contributed by atoms with van der Waals surface area (Å²) in [6, 6.07) is 4.96. The Morgan fingerprint density at radius 1 is 1.38 bits per heavy atom. The maximum Gasteiger partial charge on any atom is 0.305 e. The zero-order valence-corrected chi connectivity index (χ0v) is 13.3. The first-order valence-corrected chi connectivity index (χ1v) is 7.41. The number of aromatic nitrogens is 2. The molecule has 0 bridgehead atoms. The summed E-state index contributed by atoms with van der Waals surface area (Å²) in [6.45, 7) is 1.70. The zero-order chi connectivity index (χ0) is 17.7. The van der Waals surface area contributed by atoms with Crippen LogP contribution in [0.5, 0.6) is 0 Å². The number of amides is 1. The molecule has 4 N–H and O–H groups in total. The highest BCUT2D eigenvalue weighted by atomic mass is 19.1. The van der Waals surface area contributed by atoms with E-state index in [1.54, 1.807) is 25.1 Å². The summed E-state index contributed by atoms with van der Waals surface area (Å²) in [5, 5.41) is 14.1. The first-order valence-electron chi connectivity index (χ1n) is 7.41. The molecule has 0 aliphatic carbocycles. The Kier molecular flexibility index (Phi) is 5.64. The number of likely N-dealkylation sites (N-methyl/N-ethyl adjacent to an activating group) is 1. The Balaban J connectivity index is 2.08. The highest BCUT2D eigenvalue weighted by Gasteiger charge is 2.22. The molecule has 128 valence electrons. The highest BCUT2D eigenvalue weighted by molar-refractivity contribution is 5.86. The number of carbonyl (C=O) groups is 2. The van der Waals surface area contributed by atoms with Gasteiger partial charge in [-0.05, 0) is 26.1 Å². The van der Waals surface area contributed by atoms with Crippen LogP contribution in [0.2, 0.25) is 0 Å². The van der Waals surface area contributed by atoms with Crippen molar-refractivity contribution in [1.82, 2.24) is 20.6 Å². The number of nitrogens with one attached hydrogen (secondary N) is 3. The number of carboxylic acid groups (broad SMARTS) is 1. The minimum Gasteiger partial charge on any atom is -0.481 e. The predicted octanol–water partition coefficient (Wildman–Crippen LogP) is 1.46. The van der Waals surface area contributed by atoms with Gasteiger partial charge in [-0.15, -0.1) is 0 Å². The largest absolute Gasteiger partial charge is 0.481 e. The molecule has 2 atom stereocenters. The molecule has 7 nitrogen and oxygen atoms in total. The van der Waals surface area contributed by atoms with E-state index in [2.05, 4.69) is 20.6 Å². The molecule has 8 heteroatoms. The summed E-state index contributed by atoms with van der Waals surface area (Å²) >= 11 is 0. The first-order chi connectivity index (χ1) is 11.4. The number of benzene rings is 1. The molecule has 1 amide bonds. The van der Waals surface area contributed by atoms with Crippen molar-refractivity contribution in [2.24, 2.45) is 0 Å². The Bertz CT molecular complexity index is 732. The Labute approximate surface area is 138 Å². The lowest BCUT2D eigenvalue weighted by molar-refractivity contribution is -0.140. The van der Waals surface area contributed by atoms with Crippen molar-refractivity contribution < 1.29 is 19.1 Å². The molecule has 0 saturated heterocycles. The van der Waals surface area contributed by atoms with Gasteiger partial charge in [0.1, 0.15) is 11.6 Å². The van der Waals surface area contributed by atoms with Crippen LogP contribution in [0.15, 0.2) is 30.5 Å². The molecule has 1 aromatic heterocycles. The van der Waals surface area contributed by atoms with E-state index >= 15 is 0 Å². The van der Waals surface area contributed by atoms with Crippen LogP contribution < -0.4 is 10.6 Å². The molecular weight excluding hydrogens is 315 g/mol. The third-order valence-electron chi connectivity index (χ3n) is 3.57. The number of aliphatic carboxylic acids is 1. The molecule has 0 fully saturated rings. The van der Waals surface area contributed by atoms with Crippen molar-refractivity contribution in [1.29, 1.82) is 0 Å². The van der Waals surface area contributed by atoms with Crippen LogP contribution in [0, 0.1) is 5.82 Å². The van der Waals surface area contributed by atoms with Gasteiger partial charge >= 0.3 is 5.97 Å². The summed E-state index contributed by atoms with van der Waals surface area (Å²) in [4.78, 5) is 30.0. The third kappa shape index (κ3) is 4.17. The van der Waals surface area contributed by atoms with Gasteiger partial charge in [-0.2, -0.15) is 0 Å². The first kappa shape index (κ1) is 17.6. The lowest BCUT2D eigenvalue weighted by Crippen LogP contribution is -2.44. The quantitative estimate of drug-likeness (QED) is 0.613. The van der Waals surface area contributed by atoms with E-state index in [9.17, 15) is 14.0 Å². The van der Waals surface area contributed by atoms with Crippen LogP contribution in [0.1, 0.15) is 25.2 Å². The molecule has 0 aliphatic heterocycles. The monoisotopic (exact) mass is 334 g/mol. The maximum absolute atomic E-state index is 13.8. The van der Waals surface area contributed by atoms with Crippen LogP contribution in [-0.2, 0) is 9.59 Å². The van der Waals surface area contributed by atoms with Gasteiger partial charge in [-0.3, -0.25) is 9.59 Å². The van der Waals surface area contributed by atoms with E-state index in [-0.39, 0.29) is 12.2 Å². The zero-order valence-electron chi connectivity index (χ0n) is 13.3. The molecular formula is C16H19FN4O3. The van der Waals surface area contributed by atoms with Gasteiger partial charge < -0.3 is 20.7 Å². The van der Waals surface area contributed by atoms with Gasteiger partial charge in [0.25, 0.3) is 0 Å². The topological polar surface area (TPSA) is 107 Å². The summed E-state index contributed by atoms with van der Waals surface area (Å²) in [6.07, 6.45) is 1.16. The fourth-order valence-electron chi connectivity index (χ4n) is 2.26. The van der Waals surface area contributed by atoms with Gasteiger partial charge in [-0.1, -0.05) is 12.1 Å². The number of H-pyrrole nitrogens is 1. The lowest BCUT2D eigenvalue weighted by Gasteiger charge is -2.17. The molecule has 0 spiro atoms. The number of nitrogens with zero attached hydrogens (tertiary/aromatic N) is 1. The van der Waals surface area contributed by atoms with E-state index in [1.165, 1.54) is 19.3 Å². The number of hydrogen-bond donors (Lipinski definition) is 4. The van der Waals surface area contributed by atoms with Crippen molar-refractivity contribution in [3.63, 3.8) is 0 Å². The number of halogens is 1. The second kappa shape index (κ2) is 7.69. The molecule has 1 aromatic carbocycles. The van der Waals surface area contributed by atoms with Crippen molar-refractivity contribution in [3.05, 3.63) is 42.1 Å². The Hall–Kier alpha value is -2.74. The van der Waals surface area contributed by atoms with Crippen molar-refractivity contribution >= 4 is 11.9 Å². The molecule has 0 saturated carbocycles. The fraction of sp³-hybridized carbons (Fsp3) is 0.312. The Morgan fingerprint density at radius 2 is 2.08 bits per heavy atom. The van der Waals surface area contributed by atoms with Crippen LogP contribution in [0.4, 0.5) is 4.39 Å². The van der Waals surface area contributed by atoms with E-state index < -0.39 is 24.0 Å². The number of hydrogen-bond acceptors (Lipinski definition) is 4. The third-order valence-corrected chi connectivity index (χ3v) is 3.57. The van der Waals surface area contributed by atoms with Crippen LogP contribution in [0.25, 0.3) is 11.3 Å². The van der Waals surface area contributed by atoms with Crippen LogP contribution >= 0.6 is 0 Å². The van der Waals surface area contributed by atoms with Gasteiger partial charge in [0.2, 0.25) is 5.91 Å². The predicted molar refractivity (Wildman–Crippen MR) is 85.6 cm³/mol. The smallest absolute Gasteiger partial charge is 0.305 e. The molecule has 0 aliphatic rings. The van der Waals surface area contributed by atoms with Gasteiger partial charge in [0.05, 0.1) is 30.4 Å². The SMILES string of the molecule is CN[C@@H](CC(=O)O)C(=O)N[C@@H](C)c1ncc(-c2ccccc2F)[nH]1. The number of imidazole rings is 1. The number of carbonyl (C=O) groups excluding carboxylic acids is 1. The van der Waals surface area contributed by atoms with Gasteiger partial charge in [0, 0.05) is 5.56 Å². The summed E-state index contributed by atoms with van der Waals surface area (Å²) in [5.74, 6) is -1.44. The fourth-order valence-corrected chi connectivity index (χ4v) is 2.26. The van der Waals surface area contributed by atoms with E-state index in [0.29, 0.717) is 17.1 Å². The van der Waals surface area contributed by atoms with Crippen LogP contribution in [-0.4, -0.2) is 40.0 Å². The normalized spacial score (nSPS) is 13.3. The second-order valence-corrected chi connectivity index (χ2v) is 5.33. The molecule has 2 rings (SSSR count). The number of aromatic amines is 1. The standard InChI is InChI=1S/C16H19FN4O3/c1-9(20-16(24)12(18-2)7-14(22)23)15-19-8-13(21-15)10-5-3-4-6-11(10)17/h3-6,8-9,12,18H,7H2,1-2H3,(H,19,21)(H,20,24)(H,22,23)/t9-,12-/m0/s1. The molecule has 24 heavy (non-hydrogen) atoms. The van der Waals surface area contributed by atoms with Crippen molar-refractivity contribution in [3.8, 4) is 11.3 Å². The number of rotatable bonds is 7. The van der Waals surface area contributed by atoms with Gasteiger partial charge in [-0.25, -0.2) is 9.37 Å². The van der Waals surface area contributed by atoms with Crippen molar-refractivity contribution in [2.45, 2.75) is 25.4 Å². The minimum absolute atomic E-state index is 0.326. The summed E-state index contributed by atoms with van der Waals surface area (Å²) < 4.78 is 13.8. The van der Waals surface area contributed by atoms with E-state index in [0.717, 1.165) is 0 Å². The molecule has 0 radical (unpaired) electrons. The van der Waals surface area contributed by atoms with E-state index in [1.807, 2.05) is 0 Å². The van der Waals surface area contributed by atoms with Crippen LogP contribution in [0.3, 0.4) is 0 Å². The summed E-state index contributed by atoms with van der Waals surface area (Å²) in [5.41, 5.74) is 0.883. The lowest BCUT2D eigenvalue weighted by atomic mass is 10.1. The Morgan fingerprint density at radius 3 is 2.71 bits per heavy atom. The molecule has 2 aromatic rings. The maximum atomic E-state index is 13.8. The average Bonchev–Trinajstić information content (AvgIpc) is 3.02. The molecule has 1 heterocycles.